The maximum atomic E-state index is 12.0. The molecule has 116 valence electrons. The molecule has 1 heterocycles. The second-order valence-corrected chi connectivity index (χ2v) is 5.43. The summed E-state index contributed by atoms with van der Waals surface area (Å²) in [5.41, 5.74) is 0. The largest absolute Gasteiger partial charge is 0.480 e. The molecule has 6 heteroatoms. The second-order valence-electron chi connectivity index (χ2n) is 5.43. The summed E-state index contributed by atoms with van der Waals surface area (Å²) in [6.45, 7) is 7.24. The molecule has 0 aromatic rings. The highest BCUT2D eigenvalue weighted by Crippen LogP contribution is 2.16. The van der Waals surface area contributed by atoms with Gasteiger partial charge in [0.15, 0.2) is 0 Å². The summed E-state index contributed by atoms with van der Waals surface area (Å²) in [5.74, 6) is -0.877. The average Bonchev–Trinajstić information content (AvgIpc) is 2.44. The predicted molar refractivity (Wildman–Crippen MR) is 75.5 cm³/mol. The van der Waals surface area contributed by atoms with E-state index in [1.54, 1.807) is 0 Å². The third-order valence-electron chi connectivity index (χ3n) is 3.85. The van der Waals surface area contributed by atoms with Crippen molar-refractivity contribution in [3.05, 3.63) is 0 Å². The van der Waals surface area contributed by atoms with Crippen LogP contribution in [0.4, 0.5) is 0 Å². The molecule has 0 saturated carbocycles. The van der Waals surface area contributed by atoms with Gasteiger partial charge in [-0.25, -0.2) is 4.79 Å². The van der Waals surface area contributed by atoms with Crippen LogP contribution in [0.2, 0.25) is 0 Å². The first kappa shape index (κ1) is 16.9. The van der Waals surface area contributed by atoms with Crippen molar-refractivity contribution < 1.29 is 19.4 Å². The number of likely N-dealkylation sites (tertiary alicyclic amines) is 1. The number of nitrogens with one attached hydrogen (secondary N) is 1. The number of nitrogens with zero attached hydrogens (tertiary/aromatic N) is 1. The molecule has 1 amide bonds. The number of rotatable bonds is 7. The number of carboxylic acid groups (broad SMARTS) is 1. The number of aliphatic carboxylic acids is 1. The SMILES string of the molecule is CCC(C)NC(=O)C(C)N1CCC(OCC(=O)O)CC1. The number of carbonyl (C=O) groups excluding carboxylic acids is 1. The third-order valence-corrected chi connectivity index (χ3v) is 3.85. The van der Waals surface area contributed by atoms with Crippen molar-refractivity contribution in [2.45, 2.75) is 58.2 Å². The summed E-state index contributed by atoms with van der Waals surface area (Å²) in [6.07, 6.45) is 2.46. The van der Waals surface area contributed by atoms with E-state index >= 15 is 0 Å². The quantitative estimate of drug-likeness (QED) is 0.725. The highest BCUT2D eigenvalue weighted by Gasteiger charge is 2.27. The molecule has 6 nitrogen and oxygen atoms in total. The number of hydrogen-bond acceptors (Lipinski definition) is 4. The molecule has 2 unspecified atom stereocenters. The molecule has 2 N–H and O–H groups in total. The Kier molecular flexibility index (Phi) is 6.95. The molecule has 0 bridgehead atoms. The van der Waals surface area contributed by atoms with Crippen molar-refractivity contribution in [1.29, 1.82) is 0 Å². The first-order chi connectivity index (χ1) is 9.43. The molecule has 0 radical (unpaired) electrons. The Bertz CT molecular complexity index is 327. The van der Waals surface area contributed by atoms with Crippen molar-refractivity contribution >= 4 is 11.9 Å². The van der Waals surface area contributed by atoms with Gasteiger partial charge in [0.2, 0.25) is 5.91 Å². The van der Waals surface area contributed by atoms with Crippen LogP contribution in [0.5, 0.6) is 0 Å². The highest BCUT2D eigenvalue weighted by molar-refractivity contribution is 5.81. The van der Waals surface area contributed by atoms with Crippen LogP contribution >= 0.6 is 0 Å². The minimum Gasteiger partial charge on any atom is -0.480 e. The van der Waals surface area contributed by atoms with E-state index in [0.29, 0.717) is 0 Å². The van der Waals surface area contributed by atoms with Gasteiger partial charge >= 0.3 is 5.97 Å². The van der Waals surface area contributed by atoms with Gasteiger partial charge < -0.3 is 15.2 Å². The van der Waals surface area contributed by atoms with Gasteiger partial charge in [0.25, 0.3) is 0 Å². The molecule has 1 saturated heterocycles. The minimum absolute atomic E-state index is 0.00724. The van der Waals surface area contributed by atoms with E-state index in [2.05, 4.69) is 10.2 Å². The molecule has 1 aliphatic rings. The van der Waals surface area contributed by atoms with Gasteiger partial charge in [0.1, 0.15) is 6.61 Å². The van der Waals surface area contributed by atoms with Crippen LogP contribution in [0.25, 0.3) is 0 Å². The van der Waals surface area contributed by atoms with Crippen molar-refractivity contribution in [3.63, 3.8) is 0 Å². The number of ether oxygens (including phenoxy) is 1. The lowest BCUT2D eigenvalue weighted by atomic mass is 10.1. The number of hydrogen-bond donors (Lipinski definition) is 2. The summed E-state index contributed by atoms with van der Waals surface area (Å²) in [4.78, 5) is 24.6. The molecule has 1 rings (SSSR count). The molecule has 0 spiro atoms. The zero-order valence-corrected chi connectivity index (χ0v) is 12.6. The van der Waals surface area contributed by atoms with E-state index in [-0.39, 0.29) is 30.7 Å². The molecular weight excluding hydrogens is 260 g/mol. The Morgan fingerprint density at radius 1 is 1.35 bits per heavy atom. The lowest BCUT2D eigenvalue weighted by Crippen LogP contribution is -2.50. The smallest absolute Gasteiger partial charge is 0.329 e. The normalized spacial score (nSPS) is 20.4. The van der Waals surface area contributed by atoms with Crippen molar-refractivity contribution in [2.75, 3.05) is 19.7 Å². The molecule has 0 aliphatic carbocycles. The number of carboxylic acids is 1. The summed E-state index contributed by atoms with van der Waals surface area (Å²) in [7, 11) is 0. The topological polar surface area (TPSA) is 78.9 Å². The predicted octanol–water partition coefficient (Wildman–Crippen LogP) is 0.855. The number of piperidine rings is 1. The highest BCUT2D eigenvalue weighted by atomic mass is 16.5. The van der Waals surface area contributed by atoms with E-state index in [4.69, 9.17) is 9.84 Å². The number of amides is 1. The van der Waals surface area contributed by atoms with Gasteiger partial charge in [0, 0.05) is 19.1 Å². The Labute approximate surface area is 120 Å². The van der Waals surface area contributed by atoms with Crippen molar-refractivity contribution in [2.24, 2.45) is 0 Å². The Morgan fingerprint density at radius 2 is 1.95 bits per heavy atom. The minimum atomic E-state index is -0.936. The average molecular weight is 286 g/mol. The molecular formula is C14H26N2O4. The molecule has 0 aromatic heterocycles. The van der Waals surface area contributed by atoms with Gasteiger partial charge in [-0.05, 0) is 33.1 Å². The monoisotopic (exact) mass is 286 g/mol. The van der Waals surface area contributed by atoms with Crippen LogP contribution in [-0.4, -0.2) is 59.8 Å². The van der Waals surface area contributed by atoms with Gasteiger partial charge in [-0.3, -0.25) is 9.69 Å². The van der Waals surface area contributed by atoms with Crippen molar-refractivity contribution in [3.8, 4) is 0 Å². The van der Waals surface area contributed by atoms with Crippen LogP contribution in [0.15, 0.2) is 0 Å². The molecule has 0 aromatic carbocycles. The number of carbonyl (C=O) groups is 2. The molecule has 20 heavy (non-hydrogen) atoms. The van der Waals surface area contributed by atoms with Crippen LogP contribution in [0, 0.1) is 0 Å². The maximum absolute atomic E-state index is 12.0. The van der Waals surface area contributed by atoms with Crippen molar-refractivity contribution in [1.82, 2.24) is 10.2 Å². The van der Waals surface area contributed by atoms with Crippen LogP contribution in [0.1, 0.15) is 40.0 Å². The molecule has 1 aliphatic heterocycles. The standard InChI is InChI=1S/C14H26N2O4/c1-4-10(2)15-14(19)11(3)16-7-5-12(6-8-16)20-9-13(17)18/h10-12H,4-9H2,1-3H3,(H,15,19)(H,17,18). The Morgan fingerprint density at radius 3 is 2.45 bits per heavy atom. The summed E-state index contributed by atoms with van der Waals surface area (Å²) >= 11 is 0. The second kappa shape index (κ2) is 8.21. The van der Waals surface area contributed by atoms with E-state index in [1.165, 1.54) is 0 Å². The maximum Gasteiger partial charge on any atom is 0.329 e. The summed E-state index contributed by atoms with van der Waals surface area (Å²) in [5, 5.41) is 11.6. The van der Waals surface area contributed by atoms with E-state index in [0.717, 1.165) is 32.4 Å². The Hall–Kier alpha value is -1.14. The molecule has 1 fully saturated rings. The first-order valence-corrected chi connectivity index (χ1v) is 7.31. The van der Waals surface area contributed by atoms with E-state index < -0.39 is 5.97 Å². The summed E-state index contributed by atoms with van der Waals surface area (Å²) in [6, 6.07) is 0.0470. The van der Waals surface area contributed by atoms with Gasteiger partial charge in [-0.15, -0.1) is 0 Å². The first-order valence-electron chi connectivity index (χ1n) is 7.31. The zero-order chi connectivity index (χ0) is 15.1. The zero-order valence-electron chi connectivity index (χ0n) is 12.6. The lowest BCUT2D eigenvalue weighted by molar-refractivity contribution is -0.145. The fraction of sp³-hybridized carbons (Fsp3) is 0.857. The van der Waals surface area contributed by atoms with Crippen LogP contribution in [0.3, 0.4) is 0 Å². The van der Waals surface area contributed by atoms with E-state index in [9.17, 15) is 9.59 Å². The Balaban J connectivity index is 2.33. The van der Waals surface area contributed by atoms with Gasteiger partial charge in [-0.2, -0.15) is 0 Å². The van der Waals surface area contributed by atoms with E-state index in [1.807, 2.05) is 20.8 Å². The lowest BCUT2D eigenvalue weighted by Gasteiger charge is -2.35. The van der Waals surface area contributed by atoms with Gasteiger partial charge in [-0.1, -0.05) is 6.92 Å². The van der Waals surface area contributed by atoms with Crippen LogP contribution < -0.4 is 5.32 Å². The van der Waals surface area contributed by atoms with Crippen LogP contribution in [-0.2, 0) is 14.3 Å². The molecule has 2 atom stereocenters. The fourth-order valence-corrected chi connectivity index (χ4v) is 2.25. The third kappa shape index (κ3) is 5.46. The fourth-order valence-electron chi connectivity index (χ4n) is 2.25. The van der Waals surface area contributed by atoms with Gasteiger partial charge in [0.05, 0.1) is 12.1 Å². The summed E-state index contributed by atoms with van der Waals surface area (Å²) < 4.78 is 5.29.